The summed E-state index contributed by atoms with van der Waals surface area (Å²) in [6, 6.07) is 2.01. The molecule has 0 radical (unpaired) electrons. The van der Waals surface area contributed by atoms with E-state index < -0.39 is 0 Å². The van der Waals surface area contributed by atoms with Crippen molar-refractivity contribution in [2.45, 2.75) is 46.8 Å². The second-order valence-electron chi connectivity index (χ2n) is 5.25. The summed E-state index contributed by atoms with van der Waals surface area (Å²) in [5.41, 5.74) is 7.29. The highest BCUT2D eigenvalue weighted by atomic mass is 16.5. The van der Waals surface area contributed by atoms with Crippen molar-refractivity contribution in [3.8, 4) is 5.75 Å². The number of aromatic nitrogens is 1. The van der Waals surface area contributed by atoms with Crippen LogP contribution in [0.1, 0.15) is 46.2 Å². The molecule has 0 aliphatic carbocycles. The number of hydrogen-bond acceptors (Lipinski definition) is 3. The van der Waals surface area contributed by atoms with Crippen LogP contribution < -0.4 is 10.5 Å². The SMILES string of the molecule is CC(C)Oc1cncc(C(N)C(C)C(C)C)c1. The first-order valence-electron chi connectivity index (χ1n) is 6.29. The van der Waals surface area contributed by atoms with Crippen LogP contribution in [0, 0.1) is 11.8 Å². The predicted octanol–water partition coefficient (Wildman–Crippen LogP) is 3.16. The van der Waals surface area contributed by atoms with E-state index in [4.69, 9.17) is 10.5 Å². The molecule has 0 saturated carbocycles. The number of hydrogen-bond donors (Lipinski definition) is 1. The fourth-order valence-electron chi connectivity index (χ4n) is 1.67. The summed E-state index contributed by atoms with van der Waals surface area (Å²) in [5, 5.41) is 0. The summed E-state index contributed by atoms with van der Waals surface area (Å²) in [6.07, 6.45) is 3.72. The summed E-state index contributed by atoms with van der Waals surface area (Å²) < 4.78 is 5.63. The van der Waals surface area contributed by atoms with Gasteiger partial charge in [0, 0.05) is 12.2 Å². The maximum atomic E-state index is 6.24. The second kappa shape index (κ2) is 6.01. The molecular formula is C14H24N2O. The van der Waals surface area contributed by atoms with Crippen molar-refractivity contribution in [1.82, 2.24) is 4.98 Å². The fourth-order valence-corrected chi connectivity index (χ4v) is 1.67. The molecule has 3 nitrogen and oxygen atoms in total. The number of pyridine rings is 1. The molecule has 2 N–H and O–H groups in total. The average molecular weight is 236 g/mol. The molecule has 0 spiro atoms. The molecule has 0 aromatic carbocycles. The molecule has 0 amide bonds. The summed E-state index contributed by atoms with van der Waals surface area (Å²) >= 11 is 0. The minimum absolute atomic E-state index is 0.0122. The molecule has 0 fully saturated rings. The van der Waals surface area contributed by atoms with E-state index in [2.05, 4.69) is 25.8 Å². The van der Waals surface area contributed by atoms with E-state index >= 15 is 0 Å². The zero-order valence-electron chi connectivity index (χ0n) is 11.5. The van der Waals surface area contributed by atoms with Crippen molar-refractivity contribution in [1.29, 1.82) is 0 Å². The molecule has 2 unspecified atom stereocenters. The fraction of sp³-hybridized carbons (Fsp3) is 0.643. The van der Waals surface area contributed by atoms with Crippen LogP contribution in [-0.2, 0) is 0 Å². The van der Waals surface area contributed by atoms with Crippen LogP contribution in [0.15, 0.2) is 18.5 Å². The quantitative estimate of drug-likeness (QED) is 0.854. The maximum Gasteiger partial charge on any atom is 0.138 e. The molecule has 1 aromatic rings. The Morgan fingerprint density at radius 2 is 1.76 bits per heavy atom. The highest BCUT2D eigenvalue weighted by Gasteiger charge is 2.18. The molecular weight excluding hydrogens is 212 g/mol. The van der Waals surface area contributed by atoms with Crippen molar-refractivity contribution >= 4 is 0 Å². The van der Waals surface area contributed by atoms with Crippen molar-refractivity contribution < 1.29 is 4.74 Å². The Morgan fingerprint density at radius 1 is 1.12 bits per heavy atom. The van der Waals surface area contributed by atoms with Crippen LogP contribution in [0.2, 0.25) is 0 Å². The highest BCUT2D eigenvalue weighted by molar-refractivity contribution is 5.26. The summed E-state index contributed by atoms with van der Waals surface area (Å²) in [5.74, 6) is 1.77. The van der Waals surface area contributed by atoms with E-state index in [0.29, 0.717) is 11.8 Å². The van der Waals surface area contributed by atoms with E-state index in [0.717, 1.165) is 11.3 Å². The Morgan fingerprint density at radius 3 is 2.29 bits per heavy atom. The standard InChI is InChI=1S/C14H24N2O/c1-9(2)11(5)14(15)12-6-13(8-16-7-12)17-10(3)4/h6-11,14H,15H2,1-5H3. The zero-order chi connectivity index (χ0) is 13.0. The van der Waals surface area contributed by atoms with Gasteiger partial charge in [0.2, 0.25) is 0 Å². The van der Waals surface area contributed by atoms with Gasteiger partial charge in [0.1, 0.15) is 5.75 Å². The molecule has 1 rings (SSSR count). The smallest absolute Gasteiger partial charge is 0.138 e. The Hall–Kier alpha value is -1.09. The Labute approximate surface area is 104 Å². The van der Waals surface area contributed by atoms with Crippen LogP contribution in [-0.4, -0.2) is 11.1 Å². The monoisotopic (exact) mass is 236 g/mol. The molecule has 96 valence electrons. The second-order valence-corrected chi connectivity index (χ2v) is 5.25. The van der Waals surface area contributed by atoms with Gasteiger partial charge < -0.3 is 10.5 Å². The largest absolute Gasteiger partial charge is 0.489 e. The normalized spacial score (nSPS) is 15.1. The lowest BCUT2D eigenvalue weighted by Gasteiger charge is -2.23. The van der Waals surface area contributed by atoms with Crippen LogP contribution in [0.25, 0.3) is 0 Å². The third kappa shape index (κ3) is 4.00. The van der Waals surface area contributed by atoms with Crippen LogP contribution in [0.3, 0.4) is 0 Å². The molecule has 1 heterocycles. The molecule has 0 saturated heterocycles. The van der Waals surface area contributed by atoms with Gasteiger partial charge in [0.25, 0.3) is 0 Å². The molecule has 0 aliphatic heterocycles. The highest BCUT2D eigenvalue weighted by Crippen LogP contribution is 2.27. The molecule has 0 bridgehead atoms. The molecule has 2 atom stereocenters. The Kier molecular flexibility index (Phi) is 4.94. The van der Waals surface area contributed by atoms with Crippen molar-refractivity contribution in [2.75, 3.05) is 0 Å². The molecule has 1 aromatic heterocycles. The van der Waals surface area contributed by atoms with E-state index in [1.54, 1.807) is 6.20 Å². The first-order valence-corrected chi connectivity index (χ1v) is 6.29. The topological polar surface area (TPSA) is 48.1 Å². The van der Waals surface area contributed by atoms with Gasteiger partial charge in [-0.25, -0.2) is 0 Å². The van der Waals surface area contributed by atoms with E-state index in [-0.39, 0.29) is 12.1 Å². The van der Waals surface area contributed by atoms with Crippen molar-refractivity contribution in [3.63, 3.8) is 0 Å². The summed E-state index contributed by atoms with van der Waals surface area (Å²) in [6.45, 7) is 10.6. The van der Waals surface area contributed by atoms with E-state index in [1.807, 2.05) is 26.1 Å². The third-order valence-electron chi connectivity index (χ3n) is 3.11. The van der Waals surface area contributed by atoms with Gasteiger partial charge in [0.15, 0.2) is 0 Å². The average Bonchev–Trinajstić information content (AvgIpc) is 2.26. The summed E-state index contributed by atoms with van der Waals surface area (Å²) in [4.78, 5) is 4.20. The number of rotatable bonds is 5. The lowest BCUT2D eigenvalue weighted by Crippen LogP contribution is -2.23. The third-order valence-corrected chi connectivity index (χ3v) is 3.11. The minimum atomic E-state index is 0.0122. The lowest BCUT2D eigenvalue weighted by molar-refractivity contribution is 0.240. The first kappa shape index (κ1) is 14.0. The van der Waals surface area contributed by atoms with Gasteiger partial charge in [-0.1, -0.05) is 20.8 Å². The van der Waals surface area contributed by atoms with Crippen LogP contribution in [0.5, 0.6) is 5.75 Å². The molecule has 3 heteroatoms. The van der Waals surface area contributed by atoms with Gasteiger partial charge in [-0.3, -0.25) is 4.98 Å². The Bertz CT molecular complexity index is 350. The first-order chi connectivity index (χ1) is 7.91. The maximum absolute atomic E-state index is 6.24. The van der Waals surface area contributed by atoms with Gasteiger partial charge in [-0.15, -0.1) is 0 Å². The predicted molar refractivity (Wildman–Crippen MR) is 70.9 cm³/mol. The summed E-state index contributed by atoms with van der Waals surface area (Å²) in [7, 11) is 0. The molecule has 17 heavy (non-hydrogen) atoms. The van der Waals surface area contributed by atoms with Gasteiger partial charge in [-0.05, 0) is 37.3 Å². The van der Waals surface area contributed by atoms with Crippen LogP contribution in [0.4, 0.5) is 0 Å². The van der Waals surface area contributed by atoms with E-state index in [9.17, 15) is 0 Å². The van der Waals surface area contributed by atoms with Crippen molar-refractivity contribution in [3.05, 3.63) is 24.0 Å². The number of nitrogens with zero attached hydrogens (tertiary/aromatic N) is 1. The van der Waals surface area contributed by atoms with E-state index in [1.165, 1.54) is 0 Å². The lowest BCUT2D eigenvalue weighted by atomic mass is 9.87. The number of nitrogens with two attached hydrogens (primary N) is 1. The Balaban J connectivity index is 2.83. The van der Waals surface area contributed by atoms with Gasteiger partial charge in [-0.2, -0.15) is 0 Å². The van der Waals surface area contributed by atoms with Gasteiger partial charge >= 0.3 is 0 Å². The number of ether oxygens (including phenoxy) is 1. The zero-order valence-corrected chi connectivity index (χ0v) is 11.5. The van der Waals surface area contributed by atoms with Crippen LogP contribution >= 0.6 is 0 Å². The van der Waals surface area contributed by atoms with Crippen molar-refractivity contribution in [2.24, 2.45) is 17.6 Å². The molecule has 0 aliphatic rings. The minimum Gasteiger partial charge on any atom is -0.489 e. The van der Waals surface area contributed by atoms with Gasteiger partial charge in [0.05, 0.1) is 12.3 Å².